The Morgan fingerprint density at radius 1 is 1.43 bits per heavy atom. The number of hydrogen-bond donors (Lipinski definition) is 1. The normalized spacial score (nSPS) is 12.9. The lowest BCUT2D eigenvalue weighted by Crippen LogP contribution is -1.95. The summed E-state index contributed by atoms with van der Waals surface area (Å²) < 4.78 is 0. The molecule has 72 valence electrons. The van der Waals surface area contributed by atoms with Crippen molar-refractivity contribution < 1.29 is 4.79 Å². The largest absolute Gasteiger partial charge is 0.350 e. The SMILES string of the molecule is CC(C=O)Sc1cc2ccccc2[nH]1. The van der Waals surface area contributed by atoms with Gasteiger partial charge in [-0.2, -0.15) is 0 Å². The second-order valence-electron chi connectivity index (χ2n) is 3.18. The molecule has 1 atom stereocenters. The van der Waals surface area contributed by atoms with Gasteiger partial charge in [0.15, 0.2) is 0 Å². The van der Waals surface area contributed by atoms with Gasteiger partial charge in [-0.3, -0.25) is 0 Å². The topological polar surface area (TPSA) is 32.9 Å². The summed E-state index contributed by atoms with van der Waals surface area (Å²) in [6.07, 6.45) is 0.955. The first-order valence-corrected chi connectivity index (χ1v) is 5.37. The third-order valence-corrected chi connectivity index (χ3v) is 2.97. The molecule has 2 nitrogen and oxygen atoms in total. The minimum Gasteiger partial charge on any atom is -0.350 e. The van der Waals surface area contributed by atoms with Gasteiger partial charge in [-0.1, -0.05) is 30.0 Å². The van der Waals surface area contributed by atoms with Crippen LogP contribution < -0.4 is 0 Å². The highest BCUT2D eigenvalue weighted by molar-refractivity contribution is 8.00. The minimum absolute atomic E-state index is 0.00284. The van der Waals surface area contributed by atoms with Crippen molar-refractivity contribution in [2.24, 2.45) is 0 Å². The van der Waals surface area contributed by atoms with Gasteiger partial charge in [-0.15, -0.1) is 0 Å². The number of H-pyrrole nitrogens is 1. The second-order valence-corrected chi connectivity index (χ2v) is 4.60. The molecule has 1 aromatic carbocycles. The maximum atomic E-state index is 10.5. The zero-order chi connectivity index (χ0) is 9.97. The Kier molecular flexibility index (Phi) is 2.59. The van der Waals surface area contributed by atoms with E-state index in [9.17, 15) is 4.79 Å². The summed E-state index contributed by atoms with van der Waals surface area (Å²) in [6, 6.07) is 10.2. The first kappa shape index (κ1) is 9.34. The summed E-state index contributed by atoms with van der Waals surface area (Å²) in [7, 11) is 0. The third-order valence-electron chi connectivity index (χ3n) is 2.01. The first-order chi connectivity index (χ1) is 6.79. The molecular weight excluding hydrogens is 194 g/mol. The van der Waals surface area contributed by atoms with Crippen molar-refractivity contribution in [1.29, 1.82) is 0 Å². The minimum atomic E-state index is 0.00284. The number of aldehydes is 1. The zero-order valence-corrected chi connectivity index (χ0v) is 8.67. The van der Waals surface area contributed by atoms with Gasteiger partial charge in [-0.25, -0.2) is 0 Å². The molecule has 1 aromatic heterocycles. The first-order valence-electron chi connectivity index (χ1n) is 4.49. The van der Waals surface area contributed by atoms with Crippen LogP contribution in [0.1, 0.15) is 6.92 Å². The lowest BCUT2D eigenvalue weighted by molar-refractivity contribution is -0.107. The molecule has 0 radical (unpaired) electrons. The van der Waals surface area contributed by atoms with Crippen LogP contribution in [0.4, 0.5) is 0 Å². The molecule has 0 aliphatic carbocycles. The maximum Gasteiger partial charge on any atom is 0.133 e. The van der Waals surface area contributed by atoms with Crippen molar-refractivity contribution in [2.45, 2.75) is 17.2 Å². The van der Waals surface area contributed by atoms with Crippen LogP contribution in [0.5, 0.6) is 0 Å². The Balaban J connectivity index is 2.31. The van der Waals surface area contributed by atoms with Crippen molar-refractivity contribution >= 4 is 29.0 Å². The van der Waals surface area contributed by atoms with Gasteiger partial charge in [0.2, 0.25) is 0 Å². The van der Waals surface area contributed by atoms with E-state index in [1.54, 1.807) is 11.8 Å². The monoisotopic (exact) mass is 205 g/mol. The summed E-state index contributed by atoms with van der Waals surface area (Å²) in [4.78, 5) is 13.8. The Morgan fingerprint density at radius 3 is 2.93 bits per heavy atom. The van der Waals surface area contributed by atoms with Crippen molar-refractivity contribution in [2.75, 3.05) is 0 Å². The number of para-hydroxylation sites is 1. The maximum absolute atomic E-state index is 10.5. The molecule has 0 spiro atoms. The molecule has 1 heterocycles. The zero-order valence-electron chi connectivity index (χ0n) is 7.86. The summed E-state index contributed by atoms with van der Waals surface area (Å²) in [5, 5.41) is 2.24. The van der Waals surface area contributed by atoms with E-state index in [1.807, 2.05) is 25.1 Å². The van der Waals surface area contributed by atoms with Gasteiger partial charge < -0.3 is 9.78 Å². The predicted molar refractivity (Wildman–Crippen MR) is 59.7 cm³/mol. The Hall–Kier alpha value is -1.22. The molecule has 0 aliphatic rings. The van der Waals surface area contributed by atoms with Crippen molar-refractivity contribution in [3.63, 3.8) is 0 Å². The molecule has 2 aromatic rings. The standard InChI is InChI=1S/C11H11NOS/c1-8(7-13)14-11-6-9-4-2-3-5-10(9)12-11/h2-8,12H,1H3. The van der Waals surface area contributed by atoms with Crippen LogP contribution in [-0.4, -0.2) is 16.5 Å². The number of thioether (sulfide) groups is 1. The Bertz CT molecular complexity index is 416. The van der Waals surface area contributed by atoms with E-state index in [4.69, 9.17) is 0 Å². The molecule has 0 amide bonds. The summed E-state index contributed by atoms with van der Waals surface area (Å²) in [6.45, 7) is 1.89. The average Bonchev–Trinajstić information content (AvgIpc) is 2.59. The van der Waals surface area contributed by atoms with E-state index in [2.05, 4.69) is 17.1 Å². The molecule has 0 saturated carbocycles. The molecule has 0 bridgehead atoms. The number of rotatable bonds is 3. The van der Waals surface area contributed by atoms with Crippen LogP contribution in [-0.2, 0) is 4.79 Å². The van der Waals surface area contributed by atoms with Gasteiger partial charge in [0.05, 0.1) is 10.3 Å². The van der Waals surface area contributed by atoms with Gasteiger partial charge in [0.25, 0.3) is 0 Å². The summed E-state index contributed by atoms with van der Waals surface area (Å²) in [5.74, 6) is 0. The molecule has 0 fully saturated rings. The molecular formula is C11H11NOS. The van der Waals surface area contributed by atoms with Gasteiger partial charge >= 0.3 is 0 Å². The van der Waals surface area contributed by atoms with Crippen LogP contribution >= 0.6 is 11.8 Å². The average molecular weight is 205 g/mol. The molecule has 3 heteroatoms. The van der Waals surface area contributed by atoms with Gasteiger partial charge in [-0.05, 0) is 19.1 Å². The van der Waals surface area contributed by atoms with Crippen LogP contribution in [0.15, 0.2) is 35.4 Å². The van der Waals surface area contributed by atoms with Crippen LogP contribution in [0.3, 0.4) is 0 Å². The van der Waals surface area contributed by atoms with E-state index >= 15 is 0 Å². The van der Waals surface area contributed by atoms with Gasteiger partial charge in [0, 0.05) is 10.9 Å². The van der Waals surface area contributed by atoms with Crippen molar-refractivity contribution in [1.82, 2.24) is 4.98 Å². The smallest absolute Gasteiger partial charge is 0.133 e. The van der Waals surface area contributed by atoms with Crippen molar-refractivity contribution in [3.8, 4) is 0 Å². The molecule has 2 rings (SSSR count). The van der Waals surface area contributed by atoms with E-state index in [0.717, 1.165) is 16.8 Å². The number of nitrogens with one attached hydrogen (secondary N) is 1. The highest BCUT2D eigenvalue weighted by atomic mass is 32.2. The fourth-order valence-corrected chi connectivity index (χ4v) is 2.16. The van der Waals surface area contributed by atoms with E-state index in [0.29, 0.717) is 0 Å². The van der Waals surface area contributed by atoms with Crippen LogP contribution in [0.25, 0.3) is 10.9 Å². The van der Waals surface area contributed by atoms with Crippen LogP contribution in [0, 0.1) is 0 Å². The van der Waals surface area contributed by atoms with Gasteiger partial charge in [0.1, 0.15) is 6.29 Å². The number of carbonyl (C=O) groups is 1. The number of hydrogen-bond acceptors (Lipinski definition) is 2. The molecule has 1 unspecified atom stereocenters. The third kappa shape index (κ3) is 1.82. The van der Waals surface area contributed by atoms with Crippen molar-refractivity contribution in [3.05, 3.63) is 30.3 Å². The lowest BCUT2D eigenvalue weighted by atomic mass is 10.3. The number of aromatic amines is 1. The number of aromatic nitrogens is 1. The van der Waals surface area contributed by atoms with Crippen LogP contribution in [0.2, 0.25) is 0 Å². The second kappa shape index (κ2) is 3.88. The fraction of sp³-hybridized carbons (Fsp3) is 0.182. The highest BCUT2D eigenvalue weighted by Gasteiger charge is 2.05. The molecule has 14 heavy (non-hydrogen) atoms. The highest BCUT2D eigenvalue weighted by Crippen LogP contribution is 2.25. The number of benzene rings is 1. The number of fused-ring (bicyclic) bond motifs is 1. The predicted octanol–water partition coefficient (Wildman–Crippen LogP) is 2.85. The quantitative estimate of drug-likeness (QED) is 0.617. The van der Waals surface area contributed by atoms with E-state index in [-0.39, 0.29) is 5.25 Å². The summed E-state index contributed by atoms with van der Waals surface area (Å²) in [5.41, 5.74) is 1.12. The van der Waals surface area contributed by atoms with E-state index in [1.165, 1.54) is 5.39 Å². The molecule has 1 N–H and O–H groups in total. The fourth-order valence-electron chi connectivity index (χ4n) is 1.34. The Labute approximate surface area is 86.7 Å². The molecule has 0 saturated heterocycles. The lowest BCUT2D eigenvalue weighted by Gasteiger charge is -1.98. The van der Waals surface area contributed by atoms with E-state index < -0.39 is 0 Å². The Morgan fingerprint density at radius 2 is 2.21 bits per heavy atom. The summed E-state index contributed by atoms with van der Waals surface area (Å²) >= 11 is 1.55. The number of carbonyl (C=O) groups excluding carboxylic acids is 1. The molecule has 0 aliphatic heterocycles.